The summed E-state index contributed by atoms with van der Waals surface area (Å²) in [6, 6.07) is 7.73. The number of hydrogen-bond acceptors (Lipinski definition) is 5. The molecule has 0 radical (unpaired) electrons. The number of rotatable bonds is 5. The molecule has 2 bridgehead atoms. The Bertz CT molecular complexity index is 708. The van der Waals surface area contributed by atoms with Crippen molar-refractivity contribution in [3.63, 3.8) is 0 Å². The summed E-state index contributed by atoms with van der Waals surface area (Å²) >= 11 is 0. The molecule has 0 amide bonds. The molecule has 150 valence electrons. The number of carbonyl (C=O) groups excluding carboxylic acids is 1. The van der Waals surface area contributed by atoms with E-state index in [0.29, 0.717) is 18.6 Å². The molecular weight excluding hydrogens is 364 g/mol. The molecule has 0 saturated carbocycles. The van der Waals surface area contributed by atoms with Crippen LogP contribution in [0.3, 0.4) is 0 Å². The standard InChI is InChI=1S/C21H30O5S/c1-14-6-8-18(9-7-14)27(23)13-17-12-16-10-11-21(24-16,25-17)15(2)19(22)26-20(3,4)5/h6-9,15-17H,10-13H2,1-5H3/t15?,16-,17+,21+,27-/m1/s1. The first-order valence-corrected chi connectivity index (χ1v) is 10.9. The highest BCUT2D eigenvalue weighted by Gasteiger charge is 2.54. The second-order valence-electron chi connectivity index (χ2n) is 8.65. The molecule has 0 aliphatic carbocycles. The first-order valence-electron chi connectivity index (χ1n) is 9.61. The molecule has 5 nitrogen and oxygen atoms in total. The second-order valence-corrected chi connectivity index (χ2v) is 10.1. The van der Waals surface area contributed by atoms with Crippen LogP contribution in [-0.2, 0) is 29.8 Å². The van der Waals surface area contributed by atoms with Crippen molar-refractivity contribution >= 4 is 16.8 Å². The summed E-state index contributed by atoms with van der Waals surface area (Å²) in [4.78, 5) is 13.4. The molecule has 2 aliphatic rings. The number of ether oxygens (including phenoxy) is 3. The molecule has 2 aliphatic heterocycles. The van der Waals surface area contributed by atoms with Crippen molar-refractivity contribution < 1.29 is 23.2 Å². The lowest BCUT2D eigenvalue weighted by Crippen LogP contribution is -2.51. The van der Waals surface area contributed by atoms with Crippen LogP contribution >= 0.6 is 0 Å². The van der Waals surface area contributed by atoms with Gasteiger partial charge in [0.1, 0.15) is 11.5 Å². The summed E-state index contributed by atoms with van der Waals surface area (Å²) in [6.45, 7) is 9.36. The molecule has 1 aromatic rings. The van der Waals surface area contributed by atoms with Gasteiger partial charge in [0.15, 0.2) is 5.79 Å². The quantitative estimate of drug-likeness (QED) is 0.712. The highest BCUT2D eigenvalue weighted by atomic mass is 32.2. The van der Waals surface area contributed by atoms with Crippen molar-refractivity contribution in [3.8, 4) is 0 Å². The molecule has 0 N–H and O–H groups in total. The molecule has 2 fully saturated rings. The van der Waals surface area contributed by atoms with Gasteiger partial charge in [-0.2, -0.15) is 0 Å². The maximum atomic E-state index is 12.8. The highest BCUT2D eigenvalue weighted by Crippen LogP contribution is 2.45. The summed E-state index contributed by atoms with van der Waals surface area (Å²) in [5.41, 5.74) is 0.585. The van der Waals surface area contributed by atoms with Gasteiger partial charge < -0.3 is 14.2 Å². The minimum atomic E-state index is -1.15. The van der Waals surface area contributed by atoms with E-state index in [2.05, 4.69) is 0 Å². The molecule has 0 aromatic heterocycles. The van der Waals surface area contributed by atoms with Crippen molar-refractivity contribution in [1.82, 2.24) is 0 Å². The minimum absolute atomic E-state index is 0.0451. The molecule has 2 saturated heterocycles. The Kier molecular flexibility index (Phi) is 5.80. The van der Waals surface area contributed by atoms with Crippen LogP contribution in [0.4, 0.5) is 0 Å². The van der Waals surface area contributed by atoms with E-state index in [0.717, 1.165) is 16.9 Å². The van der Waals surface area contributed by atoms with E-state index in [9.17, 15) is 9.00 Å². The van der Waals surface area contributed by atoms with Crippen LogP contribution in [0.25, 0.3) is 0 Å². The summed E-state index contributed by atoms with van der Waals surface area (Å²) in [6.07, 6.45) is 2.06. The molecule has 27 heavy (non-hydrogen) atoms. The number of hydrogen-bond donors (Lipinski definition) is 0. The van der Waals surface area contributed by atoms with E-state index in [1.54, 1.807) is 6.92 Å². The van der Waals surface area contributed by atoms with E-state index in [-0.39, 0.29) is 18.2 Å². The summed E-state index contributed by atoms with van der Waals surface area (Å²) < 4.78 is 30.6. The van der Waals surface area contributed by atoms with Crippen molar-refractivity contribution in [2.24, 2.45) is 5.92 Å². The third kappa shape index (κ3) is 4.79. The zero-order valence-corrected chi connectivity index (χ0v) is 17.6. The van der Waals surface area contributed by atoms with Crippen LogP contribution in [0.5, 0.6) is 0 Å². The van der Waals surface area contributed by atoms with Gasteiger partial charge in [0.05, 0.1) is 28.8 Å². The van der Waals surface area contributed by atoms with Crippen LogP contribution in [0.15, 0.2) is 29.2 Å². The van der Waals surface area contributed by atoms with Crippen LogP contribution in [0.1, 0.15) is 52.5 Å². The number of fused-ring (bicyclic) bond motifs is 2. The first-order chi connectivity index (χ1) is 12.6. The normalized spacial score (nSPS) is 30.0. The third-order valence-electron chi connectivity index (χ3n) is 5.11. The third-order valence-corrected chi connectivity index (χ3v) is 6.59. The summed E-state index contributed by atoms with van der Waals surface area (Å²) in [5, 5.41) is 0. The highest BCUT2D eigenvalue weighted by molar-refractivity contribution is 7.85. The largest absolute Gasteiger partial charge is 0.460 e. The maximum absolute atomic E-state index is 12.8. The van der Waals surface area contributed by atoms with Gasteiger partial charge in [-0.3, -0.25) is 9.00 Å². The van der Waals surface area contributed by atoms with Gasteiger partial charge in [-0.15, -0.1) is 0 Å². The fourth-order valence-electron chi connectivity index (χ4n) is 3.69. The fraction of sp³-hybridized carbons (Fsp3) is 0.667. The minimum Gasteiger partial charge on any atom is -0.460 e. The Balaban J connectivity index is 1.69. The van der Waals surface area contributed by atoms with Crippen molar-refractivity contribution in [3.05, 3.63) is 29.8 Å². The van der Waals surface area contributed by atoms with Crippen LogP contribution in [0.2, 0.25) is 0 Å². The molecule has 6 heteroatoms. The van der Waals surface area contributed by atoms with Crippen LogP contribution in [-0.4, -0.2) is 39.5 Å². The van der Waals surface area contributed by atoms with Crippen LogP contribution < -0.4 is 0 Å². The average Bonchev–Trinajstić information content (AvgIpc) is 2.89. The lowest BCUT2D eigenvalue weighted by Gasteiger charge is -2.41. The van der Waals surface area contributed by atoms with Gasteiger partial charge in [-0.1, -0.05) is 17.7 Å². The first kappa shape index (κ1) is 20.5. The van der Waals surface area contributed by atoms with Crippen molar-refractivity contribution in [2.75, 3.05) is 5.75 Å². The summed E-state index contributed by atoms with van der Waals surface area (Å²) in [5.74, 6) is -1.40. The predicted octanol–water partition coefficient (Wildman–Crippen LogP) is 3.74. The molecule has 2 heterocycles. The average molecular weight is 395 g/mol. The number of aryl methyl sites for hydroxylation is 1. The molecular formula is C21H30O5S. The number of carbonyl (C=O) groups is 1. The van der Waals surface area contributed by atoms with Gasteiger partial charge >= 0.3 is 5.97 Å². The Morgan fingerprint density at radius 2 is 1.96 bits per heavy atom. The Morgan fingerprint density at radius 3 is 2.59 bits per heavy atom. The number of esters is 1. The maximum Gasteiger partial charge on any atom is 0.314 e. The van der Waals surface area contributed by atoms with Gasteiger partial charge in [0.25, 0.3) is 0 Å². The topological polar surface area (TPSA) is 61.8 Å². The van der Waals surface area contributed by atoms with E-state index < -0.39 is 28.1 Å². The van der Waals surface area contributed by atoms with Gasteiger partial charge in [-0.25, -0.2) is 0 Å². The van der Waals surface area contributed by atoms with Crippen molar-refractivity contribution in [1.29, 1.82) is 0 Å². The zero-order valence-electron chi connectivity index (χ0n) is 16.8. The predicted molar refractivity (Wildman–Crippen MR) is 104 cm³/mol. The second kappa shape index (κ2) is 7.64. The Labute approximate surface area is 164 Å². The number of benzene rings is 1. The van der Waals surface area contributed by atoms with E-state index in [1.165, 1.54) is 0 Å². The Hall–Kier alpha value is -1.24. The smallest absolute Gasteiger partial charge is 0.314 e. The zero-order chi connectivity index (χ0) is 19.8. The SMILES string of the molecule is Cc1ccc([S@](=O)C[C@@H]2C[C@H]3CC[C@](C(C)C(=O)OC(C)(C)C)(O3)O2)cc1. The van der Waals surface area contributed by atoms with E-state index >= 15 is 0 Å². The molecule has 0 spiro atoms. The van der Waals surface area contributed by atoms with Gasteiger partial charge in [0, 0.05) is 17.7 Å². The van der Waals surface area contributed by atoms with Gasteiger partial charge in [-0.05, 0) is 53.2 Å². The molecule has 3 rings (SSSR count). The van der Waals surface area contributed by atoms with Gasteiger partial charge in [0.2, 0.25) is 0 Å². The molecule has 1 aromatic carbocycles. The van der Waals surface area contributed by atoms with Crippen LogP contribution in [0, 0.1) is 12.8 Å². The lowest BCUT2D eigenvalue weighted by atomic mass is 9.97. The monoisotopic (exact) mass is 394 g/mol. The molecule has 1 unspecified atom stereocenters. The Morgan fingerprint density at radius 1 is 1.30 bits per heavy atom. The fourth-order valence-corrected chi connectivity index (χ4v) is 4.86. The van der Waals surface area contributed by atoms with Crippen molar-refractivity contribution in [2.45, 2.75) is 82.4 Å². The molecule has 5 atom stereocenters. The van der Waals surface area contributed by atoms with E-state index in [4.69, 9.17) is 14.2 Å². The lowest BCUT2D eigenvalue weighted by molar-refractivity contribution is -0.303. The van der Waals surface area contributed by atoms with E-state index in [1.807, 2.05) is 52.0 Å². The summed E-state index contributed by atoms with van der Waals surface area (Å²) in [7, 11) is -1.15.